The van der Waals surface area contributed by atoms with Crippen molar-refractivity contribution in [3.8, 4) is 0 Å². The molecule has 0 unspecified atom stereocenters. The Balaban J connectivity index is 1.83. The predicted molar refractivity (Wildman–Crippen MR) is 79.9 cm³/mol. The summed E-state index contributed by atoms with van der Waals surface area (Å²) in [5, 5.41) is 14.2. The molecule has 0 bridgehead atoms. The van der Waals surface area contributed by atoms with Crippen LogP contribution in [-0.4, -0.2) is 43.0 Å². The van der Waals surface area contributed by atoms with Crippen LogP contribution in [0.5, 0.6) is 0 Å². The molecule has 1 aromatic carbocycles. The number of nitro groups is 1. The molecule has 1 N–H and O–H groups in total. The number of nitro benzene ring substituents is 1. The Bertz CT molecular complexity index is 442. The molecule has 0 saturated carbocycles. The van der Waals surface area contributed by atoms with E-state index in [4.69, 9.17) is 0 Å². The number of likely N-dealkylation sites (tertiary alicyclic amines) is 1. The van der Waals surface area contributed by atoms with Crippen molar-refractivity contribution in [2.45, 2.75) is 19.3 Å². The van der Waals surface area contributed by atoms with Gasteiger partial charge in [0.25, 0.3) is 5.69 Å². The van der Waals surface area contributed by atoms with Crippen LogP contribution in [0.2, 0.25) is 0 Å². The molecular weight excluding hydrogens is 254 g/mol. The van der Waals surface area contributed by atoms with Gasteiger partial charge < -0.3 is 10.2 Å². The first-order valence-electron chi connectivity index (χ1n) is 7.30. The van der Waals surface area contributed by atoms with Crippen LogP contribution in [0.1, 0.15) is 18.4 Å². The highest BCUT2D eigenvalue weighted by atomic mass is 16.6. The van der Waals surface area contributed by atoms with Gasteiger partial charge in [-0.05, 0) is 51.9 Å². The van der Waals surface area contributed by atoms with Crippen LogP contribution in [0.15, 0.2) is 24.3 Å². The summed E-state index contributed by atoms with van der Waals surface area (Å²) >= 11 is 0. The Morgan fingerprint density at radius 2 is 2.05 bits per heavy atom. The highest BCUT2D eigenvalue weighted by molar-refractivity contribution is 5.39. The molecule has 0 aliphatic carbocycles. The number of nitrogens with one attached hydrogen (secondary N) is 1. The smallest absolute Gasteiger partial charge is 0.272 e. The summed E-state index contributed by atoms with van der Waals surface area (Å²) in [5.74, 6) is 0.780. The average molecular weight is 277 g/mol. The van der Waals surface area contributed by atoms with E-state index < -0.39 is 0 Å². The monoisotopic (exact) mass is 277 g/mol. The minimum atomic E-state index is -0.283. The summed E-state index contributed by atoms with van der Waals surface area (Å²) < 4.78 is 0. The van der Waals surface area contributed by atoms with Crippen molar-refractivity contribution in [3.63, 3.8) is 0 Å². The second kappa shape index (κ2) is 7.36. The molecule has 110 valence electrons. The van der Waals surface area contributed by atoms with E-state index in [1.54, 1.807) is 12.1 Å². The van der Waals surface area contributed by atoms with Crippen molar-refractivity contribution in [1.82, 2.24) is 10.2 Å². The van der Waals surface area contributed by atoms with Gasteiger partial charge in [-0.25, -0.2) is 0 Å². The molecule has 0 spiro atoms. The summed E-state index contributed by atoms with van der Waals surface area (Å²) in [6.07, 6.45) is 3.20. The van der Waals surface area contributed by atoms with Gasteiger partial charge in [0.2, 0.25) is 0 Å². The summed E-state index contributed by atoms with van der Waals surface area (Å²) in [6.45, 7) is 4.22. The summed E-state index contributed by atoms with van der Waals surface area (Å²) in [6, 6.07) is 7.06. The van der Waals surface area contributed by atoms with Gasteiger partial charge in [0, 0.05) is 18.2 Å². The Labute approximate surface area is 120 Å². The maximum atomic E-state index is 11.0. The Kier molecular flexibility index (Phi) is 5.49. The van der Waals surface area contributed by atoms with Gasteiger partial charge in [-0.15, -0.1) is 0 Å². The molecule has 1 aromatic rings. The number of hydrogen-bond acceptors (Lipinski definition) is 4. The van der Waals surface area contributed by atoms with E-state index in [1.165, 1.54) is 12.8 Å². The molecule has 0 aromatic heterocycles. The van der Waals surface area contributed by atoms with Gasteiger partial charge in [-0.3, -0.25) is 10.1 Å². The lowest BCUT2D eigenvalue weighted by Gasteiger charge is -2.31. The average Bonchev–Trinajstić information content (AvgIpc) is 2.47. The van der Waals surface area contributed by atoms with Gasteiger partial charge in [0.15, 0.2) is 0 Å². The van der Waals surface area contributed by atoms with Crippen molar-refractivity contribution < 1.29 is 4.92 Å². The van der Waals surface area contributed by atoms with Crippen molar-refractivity contribution in [2.24, 2.45) is 5.92 Å². The predicted octanol–water partition coefficient (Wildman–Crippen LogP) is 2.07. The largest absolute Gasteiger partial charge is 0.319 e. The lowest BCUT2D eigenvalue weighted by atomic mass is 9.96. The van der Waals surface area contributed by atoms with Gasteiger partial charge in [0.1, 0.15) is 0 Å². The van der Waals surface area contributed by atoms with Crippen LogP contribution >= 0.6 is 0 Å². The van der Waals surface area contributed by atoms with E-state index in [-0.39, 0.29) is 10.6 Å². The Hall–Kier alpha value is -1.46. The third kappa shape index (κ3) is 4.02. The van der Waals surface area contributed by atoms with E-state index in [9.17, 15) is 10.1 Å². The molecule has 1 aliphatic rings. The van der Waals surface area contributed by atoms with Crippen molar-refractivity contribution in [1.29, 1.82) is 0 Å². The number of para-hydroxylation sites is 1. The Morgan fingerprint density at radius 1 is 1.35 bits per heavy atom. The highest BCUT2D eigenvalue weighted by Gasteiger charge is 2.19. The molecule has 1 saturated heterocycles. The lowest BCUT2D eigenvalue weighted by molar-refractivity contribution is -0.385. The second-order valence-corrected chi connectivity index (χ2v) is 5.48. The maximum Gasteiger partial charge on any atom is 0.272 e. The fourth-order valence-corrected chi connectivity index (χ4v) is 2.88. The molecule has 1 fully saturated rings. The number of piperidine rings is 1. The first-order valence-corrected chi connectivity index (χ1v) is 7.30. The molecule has 1 heterocycles. The van der Waals surface area contributed by atoms with Crippen molar-refractivity contribution >= 4 is 5.69 Å². The van der Waals surface area contributed by atoms with E-state index in [2.05, 4.69) is 10.2 Å². The van der Waals surface area contributed by atoms with E-state index in [0.717, 1.165) is 44.1 Å². The number of rotatable bonds is 6. The zero-order chi connectivity index (χ0) is 14.4. The van der Waals surface area contributed by atoms with E-state index in [1.807, 2.05) is 19.2 Å². The zero-order valence-electron chi connectivity index (χ0n) is 12.0. The van der Waals surface area contributed by atoms with Gasteiger partial charge in [0.05, 0.1) is 4.92 Å². The van der Waals surface area contributed by atoms with Crippen LogP contribution in [0.25, 0.3) is 0 Å². The number of hydrogen-bond donors (Lipinski definition) is 1. The minimum absolute atomic E-state index is 0.248. The summed E-state index contributed by atoms with van der Waals surface area (Å²) in [4.78, 5) is 13.1. The second-order valence-electron chi connectivity index (χ2n) is 5.48. The van der Waals surface area contributed by atoms with Crippen LogP contribution in [0.4, 0.5) is 5.69 Å². The van der Waals surface area contributed by atoms with Crippen molar-refractivity contribution in [3.05, 3.63) is 39.9 Å². The maximum absolute atomic E-state index is 11.0. The van der Waals surface area contributed by atoms with Gasteiger partial charge in [-0.1, -0.05) is 18.2 Å². The first-order chi connectivity index (χ1) is 9.70. The molecule has 2 rings (SSSR count). The first kappa shape index (κ1) is 14.9. The van der Waals surface area contributed by atoms with Gasteiger partial charge in [-0.2, -0.15) is 0 Å². The minimum Gasteiger partial charge on any atom is -0.319 e. The molecule has 5 nitrogen and oxygen atoms in total. The lowest BCUT2D eigenvalue weighted by Crippen LogP contribution is -2.37. The number of nitrogens with zero attached hydrogens (tertiary/aromatic N) is 2. The molecule has 20 heavy (non-hydrogen) atoms. The normalized spacial score (nSPS) is 17.2. The molecule has 5 heteroatoms. The number of benzene rings is 1. The van der Waals surface area contributed by atoms with Crippen LogP contribution in [0, 0.1) is 16.0 Å². The molecular formula is C15H23N3O2. The third-order valence-corrected chi connectivity index (χ3v) is 4.09. The zero-order valence-corrected chi connectivity index (χ0v) is 12.0. The highest BCUT2D eigenvalue weighted by Crippen LogP contribution is 2.20. The molecule has 0 amide bonds. The Morgan fingerprint density at radius 3 is 2.70 bits per heavy atom. The van der Waals surface area contributed by atoms with E-state index in [0.29, 0.717) is 0 Å². The van der Waals surface area contributed by atoms with Crippen LogP contribution < -0.4 is 5.32 Å². The fraction of sp³-hybridized carbons (Fsp3) is 0.600. The SMILES string of the molecule is CNCC1CCN(CCc2ccccc2[N+](=O)[O-])CC1. The summed E-state index contributed by atoms with van der Waals surface area (Å²) in [7, 11) is 2.00. The topological polar surface area (TPSA) is 58.4 Å². The van der Waals surface area contributed by atoms with E-state index >= 15 is 0 Å². The fourth-order valence-electron chi connectivity index (χ4n) is 2.88. The van der Waals surface area contributed by atoms with Gasteiger partial charge >= 0.3 is 0 Å². The van der Waals surface area contributed by atoms with Crippen LogP contribution in [-0.2, 0) is 6.42 Å². The third-order valence-electron chi connectivity index (χ3n) is 4.09. The summed E-state index contributed by atoms with van der Waals surface area (Å²) in [5.41, 5.74) is 1.09. The van der Waals surface area contributed by atoms with Crippen LogP contribution in [0.3, 0.4) is 0 Å². The molecule has 0 radical (unpaired) electrons. The standard InChI is InChI=1S/C15H23N3O2/c1-16-12-13-6-9-17(10-7-13)11-8-14-4-2-3-5-15(14)18(19)20/h2-5,13,16H,6-12H2,1H3. The molecule has 1 aliphatic heterocycles. The molecule has 0 atom stereocenters. The quantitative estimate of drug-likeness (QED) is 0.639. The van der Waals surface area contributed by atoms with Crippen molar-refractivity contribution in [2.75, 3.05) is 33.2 Å².